The van der Waals surface area contributed by atoms with Gasteiger partial charge in [-0.3, -0.25) is 10.1 Å². The molecule has 2 aromatic carbocycles. The number of rotatable bonds is 3. The Labute approximate surface area is 107 Å². The molecule has 0 spiro atoms. The maximum atomic E-state index is 13.5. The Balaban J connectivity index is 2.28. The predicted molar refractivity (Wildman–Crippen MR) is 64.5 cm³/mol. The molecular formula is C13H8FNO4. The number of ether oxygens (including phenoxy) is 1. The van der Waals surface area contributed by atoms with Crippen LogP contribution in [0.5, 0.6) is 5.75 Å². The van der Waals surface area contributed by atoms with Gasteiger partial charge < -0.3 is 4.74 Å². The van der Waals surface area contributed by atoms with E-state index in [1.807, 2.05) is 0 Å². The van der Waals surface area contributed by atoms with Crippen LogP contribution >= 0.6 is 0 Å². The SMILES string of the molecule is O=C(Oc1ccccc1)c1cc([N+](=O)[O-])ccc1F. The topological polar surface area (TPSA) is 69.4 Å². The van der Waals surface area contributed by atoms with Crippen molar-refractivity contribution in [3.05, 3.63) is 70.0 Å². The number of carbonyl (C=O) groups excluding carboxylic acids is 1. The quantitative estimate of drug-likeness (QED) is 0.368. The van der Waals surface area contributed by atoms with Crippen LogP contribution in [-0.2, 0) is 0 Å². The van der Waals surface area contributed by atoms with Crippen LogP contribution in [-0.4, -0.2) is 10.9 Å². The minimum atomic E-state index is -0.979. The highest BCUT2D eigenvalue weighted by Gasteiger charge is 2.18. The van der Waals surface area contributed by atoms with Gasteiger partial charge in [-0.25, -0.2) is 9.18 Å². The smallest absolute Gasteiger partial charge is 0.346 e. The molecule has 2 aromatic rings. The summed E-state index contributed by atoms with van der Waals surface area (Å²) in [6, 6.07) is 10.7. The largest absolute Gasteiger partial charge is 0.423 e. The number of esters is 1. The molecule has 0 heterocycles. The maximum Gasteiger partial charge on any atom is 0.346 e. The molecule has 0 fully saturated rings. The Morgan fingerprint density at radius 3 is 2.47 bits per heavy atom. The lowest BCUT2D eigenvalue weighted by molar-refractivity contribution is -0.384. The number of nitrogens with zero attached hydrogens (tertiary/aromatic N) is 1. The van der Waals surface area contributed by atoms with Crippen LogP contribution in [0.15, 0.2) is 48.5 Å². The normalized spacial score (nSPS) is 9.95. The lowest BCUT2D eigenvalue weighted by atomic mass is 10.2. The number of carbonyl (C=O) groups is 1. The van der Waals surface area contributed by atoms with Gasteiger partial charge in [-0.2, -0.15) is 0 Å². The number of para-hydroxylation sites is 1. The van der Waals surface area contributed by atoms with E-state index in [1.54, 1.807) is 18.2 Å². The number of hydrogen-bond donors (Lipinski definition) is 0. The Morgan fingerprint density at radius 1 is 1.16 bits per heavy atom. The zero-order chi connectivity index (χ0) is 13.8. The van der Waals surface area contributed by atoms with E-state index in [-0.39, 0.29) is 11.4 Å². The molecule has 0 radical (unpaired) electrons. The molecule has 0 aromatic heterocycles. The third-order valence-corrected chi connectivity index (χ3v) is 2.33. The van der Waals surface area contributed by atoms with Crippen LogP contribution in [0.2, 0.25) is 0 Å². The van der Waals surface area contributed by atoms with Gasteiger partial charge >= 0.3 is 5.97 Å². The Bertz CT molecular complexity index is 628. The summed E-state index contributed by atoms with van der Waals surface area (Å²) < 4.78 is 18.4. The zero-order valence-electron chi connectivity index (χ0n) is 9.58. The van der Waals surface area contributed by atoms with Crippen molar-refractivity contribution in [2.75, 3.05) is 0 Å². The molecule has 0 saturated heterocycles. The highest BCUT2D eigenvalue weighted by atomic mass is 19.1. The molecule has 0 amide bonds. The van der Waals surface area contributed by atoms with E-state index in [0.29, 0.717) is 0 Å². The van der Waals surface area contributed by atoms with Crippen LogP contribution in [0.3, 0.4) is 0 Å². The van der Waals surface area contributed by atoms with Crippen molar-refractivity contribution in [1.29, 1.82) is 0 Å². The zero-order valence-corrected chi connectivity index (χ0v) is 9.58. The van der Waals surface area contributed by atoms with E-state index in [0.717, 1.165) is 18.2 Å². The first-order valence-corrected chi connectivity index (χ1v) is 5.29. The number of non-ortho nitro benzene ring substituents is 1. The number of halogens is 1. The lowest BCUT2D eigenvalue weighted by Gasteiger charge is -2.04. The van der Waals surface area contributed by atoms with E-state index >= 15 is 0 Å². The second-order valence-corrected chi connectivity index (χ2v) is 3.62. The van der Waals surface area contributed by atoms with E-state index < -0.39 is 22.3 Å². The minimum absolute atomic E-state index is 0.235. The third kappa shape index (κ3) is 2.92. The van der Waals surface area contributed by atoms with E-state index in [1.165, 1.54) is 12.1 Å². The summed E-state index contributed by atoms with van der Waals surface area (Å²) in [5.74, 6) is -1.61. The van der Waals surface area contributed by atoms with Gasteiger partial charge in [0.15, 0.2) is 0 Å². The fraction of sp³-hybridized carbons (Fsp3) is 0. The Kier molecular flexibility index (Phi) is 3.51. The summed E-state index contributed by atoms with van der Waals surface area (Å²) in [5, 5.41) is 10.6. The molecule has 0 aliphatic rings. The first-order valence-electron chi connectivity index (χ1n) is 5.29. The average Bonchev–Trinajstić information content (AvgIpc) is 2.40. The first-order chi connectivity index (χ1) is 9.08. The van der Waals surface area contributed by atoms with E-state index in [2.05, 4.69) is 0 Å². The van der Waals surface area contributed by atoms with Crippen LogP contribution < -0.4 is 4.74 Å². The summed E-state index contributed by atoms with van der Waals surface area (Å²) in [6.45, 7) is 0. The number of benzene rings is 2. The van der Waals surface area contributed by atoms with Crippen LogP contribution in [0.25, 0.3) is 0 Å². The van der Waals surface area contributed by atoms with Crippen molar-refractivity contribution >= 4 is 11.7 Å². The highest BCUT2D eigenvalue weighted by Crippen LogP contribution is 2.19. The van der Waals surface area contributed by atoms with Crippen molar-refractivity contribution < 1.29 is 18.8 Å². The monoisotopic (exact) mass is 261 g/mol. The summed E-state index contributed by atoms with van der Waals surface area (Å²) in [5.41, 5.74) is -0.848. The molecule has 0 aliphatic carbocycles. The lowest BCUT2D eigenvalue weighted by Crippen LogP contribution is -2.11. The first kappa shape index (κ1) is 12.7. The van der Waals surface area contributed by atoms with Gasteiger partial charge in [0.1, 0.15) is 17.1 Å². The molecule has 0 N–H and O–H groups in total. The van der Waals surface area contributed by atoms with Crippen LogP contribution in [0, 0.1) is 15.9 Å². The molecule has 0 saturated carbocycles. The standard InChI is InChI=1S/C13H8FNO4/c14-12-7-6-9(15(17)18)8-11(12)13(16)19-10-4-2-1-3-5-10/h1-8H. The number of hydrogen-bond acceptors (Lipinski definition) is 4. The Morgan fingerprint density at radius 2 is 1.84 bits per heavy atom. The molecule has 2 rings (SSSR count). The summed E-state index contributed by atoms with van der Waals surface area (Å²) in [6.07, 6.45) is 0. The molecule has 0 bridgehead atoms. The average molecular weight is 261 g/mol. The Hall–Kier alpha value is -2.76. The van der Waals surface area contributed by atoms with Gasteiger partial charge in [0.25, 0.3) is 5.69 Å². The van der Waals surface area contributed by atoms with Crippen molar-refractivity contribution in [3.63, 3.8) is 0 Å². The molecule has 5 nitrogen and oxygen atoms in total. The highest BCUT2D eigenvalue weighted by molar-refractivity contribution is 5.92. The summed E-state index contributed by atoms with van der Waals surface area (Å²) in [7, 11) is 0. The predicted octanol–water partition coefficient (Wildman–Crippen LogP) is 2.95. The van der Waals surface area contributed by atoms with Gasteiger partial charge in [0.05, 0.1) is 4.92 Å². The molecule has 0 aliphatic heterocycles. The van der Waals surface area contributed by atoms with Gasteiger partial charge in [0.2, 0.25) is 0 Å². The molecule has 96 valence electrons. The second-order valence-electron chi connectivity index (χ2n) is 3.62. The van der Waals surface area contributed by atoms with Crippen molar-refractivity contribution in [3.8, 4) is 5.75 Å². The molecule has 0 atom stereocenters. The molecule has 0 unspecified atom stereocenters. The minimum Gasteiger partial charge on any atom is -0.423 e. The summed E-state index contributed by atoms with van der Waals surface area (Å²) >= 11 is 0. The van der Waals surface area contributed by atoms with E-state index in [9.17, 15) is 19.3 Å². The fourth-order valence-electron chi connectivity index (χ4n) is 1.43. The second kappa shape index (κ2) is 5.26. The van der Waals surface area contributed by atoms with Gasteiger partial charge in [-0.05, 0) is 18.2 Å². The number of nitro groups is 1. The van der Waals surface area contributed by atoms with Crippen molar-refractivity contribution in [2.24, 2.45) is 0 Å². The van der Waals surface area contributed by atoms with E-state index in [4.69, 9.17) is 4.74 Å². The molecule has 6 heteroatoms. The fourth-order valence-corrected chi connectivity index (χ4v) is 1.43. The van der Waals surface area contributed by atoms with Gasteiger partial charge in [-0.15, -0.1) is 0 Å². The third-order valence-electron chi connectivity index (χ3n) is 2.33. The number of nitro benzene ring substituents is 1. The molecular weight excluding hydrogens is 253 g/mol. The van der Waals surface area contributed by atoms with Crippen molar-refractivity contribution in [2.45, 2.75) is 0 Å². The van der Waals surface area contributed by atoms with Crippen LogP contribution in [0.4, 0.5) is 10.1 Å². The molecule has 19 heavy (non-hydrogen) atoms. The summed E-state index contributed by atoms with van der Waals surface area (Å²) in [4.78, 5) is 21.6. The van der Waals surface area contributed by atoms with Gasteiger partial charge in [-0.1, -0.05) is 18.2 Å². The van der Waals surface area contributed by atoms with Crippen molar-refractivity contribution in [1.82, 2.24) is 0 Å². The van der Waals surface area contributed by atoms with Crippen LogP contribution in [0.1, 0.15) is 10.4 Å². The maximum absolute atomic E-state index is 13.5. The van der Waals surface area contributed by atoms with Gasteiger partial charge in [0, 0.05) is 12.1 Å².